The van der Waals surface area contributed by atoms with E-state index in [0.29, 0.717) is 24.5 Å². The second-order valence-electron chi connectivity index (χ2n) is 7.60. The number of aryl methyl sites for hydroxylation is 1. The summed E-state index contributed by atoms with van der Waals surface area (Å²) < 4.78 is 16.1. The maximum Gasteiger partial charge on any atom is 0.337 e. The number of nitrogens with one attached hydrogen (secondary N) is 1. The third-order valence-corrected chi connectivity index (χ3v) is 5.59. The molecule has 7 nitrogen and oxygen atoms in total. The van der Waals surface area contributed by atoms with Gasteiger partial charge in [-0.2, -0.15) is 0 Å². The SMILES string of the molecule is COC(=O)c1ccc(C)c(NC(=O)CN2CCC[C@@H]2c2ccc3c(c2)OCCO3)c1. The zero-order valence-electron chi connectivity index (χ0n) is 17.3. The van der Waals surface area contributed by atoms with Gasteiger partial charge in [0, 0.05) is 11.7 Å². The number of hydrogen-bond acceptors (Lipinski definition) is 6. The molecule has 0 aliphatic carbocycles. The van der Waals surface area contributed by atoms with Gasteiger partial charge in [-0.3, -0.25) is 9.69 Å². The summed E-state index contributed by atoms with van der Waals surface area (Å²) in [5.74, 6) is 1.01. The van der Waals surface area contributed by atoms with Gasteiger partial charge in [0.1, 0.15) is 13.2 Å². The van der Waals surface area contributed by atoms with E-state index in [1.807, 2.05) is 19.1 Å². The smallest absolute Gasteiger partial charge is 0.337 e. The number of carbonyl (C=O) groups is 2. The van der Waals surface area contributed by atoms with Gasteiger partial charge in [-0.05, 0) is 61.7 Å². The van der Waals surface area contributed by atoms with E-state index >= 15 is 0 Å². The number of likely N-dealkylation sites (tertiary alicyclic amines) is 1. The molecule has 7 heteroatoms. The molecule has 30 heavy (non-hydrogen) atoms. The fourth-order valence-corrected chi connectivity index (χ4v) is 4.04. The highest BCUT2D eigenvalue weighted by molar-refractivity contribution is 5.96. The van der Waals surface area contributed by atoms with Crippen molar-refractivity contribution in [3.8, 4) is 11.5 Å². The average Bonchev–Trinajstić information content (AvgIpc) is 3.22. The molecule has 1 atom stereocenters. The highest BCUT2D eigenvalue weighted by atomic mass is 16.6. The number of methoxy groups -OCH3 is 1. The van der Waals surface area contributed by atoms with Crippen molar-refractivity contribution < 1.29 is 23.8 Å². The van der Waals surface area contributed by atoms with E-state index in [1.165, 1.54) is 7.11 Å². The fraction of sp³-hybridized carbons (Fsp3) is 0.391. The topological polar surface area (TPSA) is 77.1 Å². The largest absolute Gasteiger partial charge is 0.486 e. The second-order valence-corrected chi connectivity index (χ2v) is 7.60. The zero-order valence-corrected chi connectivity index (χ0v) is 17.3. The van der Waals surface area contributed by atoms with E-state index in [2.05, 4.69) is 16.3 Å². The molecular formula is C23H26N2O5. The first kappa shape index (κ1) is 20.2. The van der Waals surface area contributed by atoms with Gasteiger partial charge in [0.2, 0.25) is 5.91 Å². The molecule has 2 heterocycles. The monoisotopic (exact) mass is 410 g/mol. The van der Waals surface area contributed by atoms with Crippen LogP contribution in [0.4, 0.5) is 5.69 Å². The Morgan fingerprint density at radius 2 is 1.93 bits per heavy atom. The Bertz CT molecular complexity index is 959. The van der Waals surface area contributed by atoms with Crippen molar-refractivity contribution in [2.75, 3.05) is 38.7 Å². The lowest BCUT2D eigenvalue weighted by Crippen LogP contribution is -2.33. The summed E-state index contributed by atoms with van der Waals surface area (Å²) >= 11 is 0. The van der Waals surface area contributed by atoms with Crippen molar-refractivity contribution in [2.45, 2.75) is 25.8 Å². The standard InChI is InChI=1S/C23H26N2O5/c1-15-5-6-17(23(27)28-2)12-18(15)24-22(26)14-25-9-3-4-19(25)16-7-8-20-21(13-16)30-11-10-29-20/h5-8,12-13,19H,3-4,9-11,14H2,1-2H3,(H,24,26)/t19-/m1/s1. The predicted molar refractivity (Wildman–Crippen MR) is 112 cm³/mol. The molecular weight excluding hydrogens is 384 g/mol. The number of esters is 1. The number of fused-ring (bicyclic) bond motifs is 1. The molecule has 1 amide bonds. The maximum absolute atomic E-state index is 12.8. The molecule has 0 bridgehead atoms. The van der Waals surface area contributed by atoms with Gasteiger partial charge in [0.05, 0.1) is 19.2 Å². The summed E-state index contributed by atoms with van der Waals surface area (Å²) in [6.07, 6.45) is 2.02. The summed E-state index contributed by atoms with van der Waals surface area (Å²) in [7, 11) is 1.34. The van der Waals surface area contributed by atoms with Crippen LogP contribution in [0.3, 0.4) is 0 Å². The van der Waals surface area contributed by atoms with Gasteiger partial charge in [0.15, 0.2) is 11.5 Å². The van der Waals surface area contributed by atoms with Crippen LogP contribution in [0.25, 0.3) is 0 Å². The van der Waals surface area contributed by atoms with Gasteiger partial charge in [0.25, 0.3) is 0 Å². The Labute approximate surface area is 175 Å². The Hall–Kier alpha value is -3.06. The van der Waals surface area contributed by atoms with E-state index in [4.69, 9.17) is 14.2 Å². The Balaban J connectivity index is 1.45. The number of amides is 1. The second kappa shape index (κ2) is 8.75. The van der Waals surface area contributed by atoms with E-state index in [9.17, 15) is 9.59 Å². The van der Waals surface area contributed by atoms with E-state index in [0.717, 1.165) is 42.0 Å². The van der Waals surface area contributed by atoms with Crippen LogP contribution in [-0.4, -0.2) is 50.2 Å². The number of hydrogen-bond donors (Lipinski definition) is 1. The van der Waals surface area contributed by atoms with Gasteiger partial charge in [-0.1, -0.05) is 12.1 Å². The van der Waals surface area contributed by atoms with Crippen molar-refractivity contribution in [1.29, 1.82) is 0 Å². The van der Waals surface area contributed by atoms with Crippen molar-refractivity contribution in [3.05, 3.63) is 53.1 Å². The highest BCUT2D eigenvalue weighted by Crippen LogP contribution is 2.38. The summed E-state index contributed by atoms with van der Waals surface area (Å²) in [5.41, 5.74) is 3.06. The molecule has 4 rings (SSSR count). The van der Waals surface area contributed by atoms with E-state index in [-0.39, 0.29) is 18.5 Å². The normalized spacial score (nSPS) is 18.1. The van der Waals surface area contributed by atoms with Gasteiger partial charge in [-0.15, -0.1) is 0 Å². The van der Waals surface area contributed by atoms with Crippen LogP contribution < -0.4 is 14.8 Å². The third-order valence-electron chi connectivity index (χ3n) is 5.59. The van der Waals surface area contributed by atoms with Crippen molar-refractivity contribution in [2.24, 2.45) is 0 Å². The number of carbonyl (C=O) groups excluding carboxylic acids is 2. The first-order valence-electron chi connectivity index (χ1n) is 10.2. The van der Waals surface area contributed by atoms with Crippen molar-refractivity contribution >= 4 is 17.6 Å². The van der Waals surface area contributed by atoms with Gasteiger partial charge >= 0.3 is 5.97 Å². The number of anilines is 1. The molecule has 2 aromatic carbocycles. The number of ether oxygens (including phenoxy) is 3. The molecule has 2 aliphatic rings. The maximum atomic E-state index is 12.8. The van der Waals surface area contributed by atoms with Crippen LogP contribution in [0.5, 0.6) is 11.5 Å². The van der Waals surface area contributed by atoms with E-state index in [1.54, 1.807) is 18.2 Å². The minimum Gasteiger partial charge on any atom is -0.486 e. The number of nitrogens with zero attached hydrogens (tertiary/aromatic N) is 1. The Morgan fingerprint density at radius 3 is 2.73 bits per heavy atom. The molecule has 1 fully saturated rings. The highest BCUT2D eigenvalue weighted by Gasteiger charge is 2.29. The minimum absolute atomic E-state index is 0.107. The summed E-state index contributed by atoms with van der Waals surface area (Å²) in [5, 5.41) is 2.95. The summed E-state index contributed by atoms with van der Waals surface area (Å²) in [4.78, 5) is 26.7. The number of rotatable bonds is 5. The average molecular weight is 410 g/mol. The van der Waals surface area contributed by atoms with Crippen molar-refractivity contribution in [3.63, 3.8) is 0 Å². The van der Waals surface area contributed by atoms with Crippen LogP contribution >= 0.6 is 0 Å². The lowest BCUT2D eigenvalue weighted by Gasteiger charge is -2.26. The van der Waals surface area contributed by atoms with Crippen LogP contribution in [0.2, 0.25) is 0 Å². The van der Waals surface area contributed by atoms with Crippen LogP contribution in [0.15, 0.2) is 36.4 Å². The third kappa shape index (κ3) is 4.26. The predicted octanol–water partition coefficient (Wildman–Crippen LogP) is 3.33. The van der Waals surface area contributed by atoms with Gasteiger partial charge < -0.3 is 19.5 Å². The van der Waals surface area contributed by atoms with Crippen molar-refractivity contribution in [1.82, 2.24) is 4.90 Å². The number of benzene rings is 2. The van der Waals surface area contributed by atoms with Crippen LogP contribution in [0, 0.1) is 6.92 Å². The molecule has 0 saturated carbocycles. The molecule has 0 radical (unpaired) electrons. The minimum atomic E-state index is -0.427. The summed E-state index contributed by atoms with van der Waals surface area (Å²) in [6.45, 7) is 4.15. The van der Waals surface area contributed by atoms with E-state index < -0.39 is 5.97 Å². The molecule has 2 aliphatic heterocycles. The fourth-order valence-electron chi connectivity index (χ4n) is 4.04. The Kier molecular flexibility index (Phi) is 5.90. The molecule has 2 aromatic rings. The first-order chi connectivity index (χ1) is 14.5. The van der Waals surface area contributed by atoms with Crippen LogP contribution in [0.1, 0.15) is 40.4 Å². The zero-order chi connectivity index (χ0) is 21.1. The lowest BCUT2D eigenvalue weighted by molar-refractivity contribution is -0.117. The molecule has 0 unspecified atom stereocenters. The summed E-state index contributed by atoms with van der Waals surface area (Å²) in [6, 6.07) is 11.3. The lowest BCUT2D eigenvalue weighted by atomic mass is 10.0. The Morgan fingerprint density at radius 1 is 1.13 bits per heavy atom. The molecule has 0 spiro atoms. The molecule has 1 N–H and O–H groups in total. The molecule has 158 valence electrons. The quantitative estimate of drug-likeness (QED) is 0.762. The van der Waals surface area contributed by atoms with Gasteiger partial charge in [-0.25, -0.2) is 4.79 Å². The first-order valence-corrected chi connectivity index (χ1v) is 10.2. The molecule has 0 aromatic heterocycles. The molecule has 1 saturated heterocycles. The van der Waals surface area contributed by atoms with Crippen LogP contribution in [-0.2, 0) is 9.53 Å².